The van der Waals surface area contributed by atoms with Crippen LogP contribution in [0.4, 0.5) is 0 Å². The first-order valence-corrected chi connectivity index (χ1v) is 8.65. The molecule has 0 aliphatic rings. The Bertz CT molecular complexity index is 554. The van der Waals surface area contributed by atoms with Crippen LogP contribution in [0.2, 0.25) is 0 Å². The quantitative estimate of drug-likeness (QED) is 0.469. The molecule has 0 unspecified atom stereocenters. The van der Waals surface area contributed by atoms with Crippen molar-refractivity contribution in [3.05, 3.63) is 29.8 Å². The molecule has 0 amide bonds. The van der Waals surface area contributed by atoms with Crippen LogP contribution in [0.25, 0.3) is 0 Å². The molecular formula is C13H18Cl2N2O2S. The molecule has 20 heavy (non-hydrogen) atoms. The van der Waals surface area contributed by atoms with Gasteiger partial charge >= 0.3 is 0 Å². The maximum Gasteiger partial charge on any atom is 0.276 e. The lowest BCUT2D eigenvalue weighted by molar-refractivity contribution is 0.584. The van der Waals surface area contributed by atoms with Crippen LogP contribution in [0.15, 0.2) is 34.3 Å². The third kappa shape index (κ3) is 5.31. The highest BCUT2D eigenvalue weighted by atomic mass is 35.5. The molecule has 0 saturated heterocycles. The smallest absolute Gasteiger partial charge is 0.200 e. The van der Waals surface area contributed by atoms with E-state index in [9.17, 15) is 8.42 Å². The van der Waals surface area contributed by atoms with Crippen LogP contribution >= 0.6 is 23.2 Å². The predicted octanol–water partition coefficient (Wildman–Crippen LogP) is 3.62. The lowest BCUT2D eigenvalue weighted by Crippen LogP contribution is -2.22. The number of benzene rings is 1. The van der Waals surface area contributed by atoms with E-state index < -0.39 is 14.9 Å². The Labute approximate surface area is 130 Å². The summed E-state index contributed by atoms with van der Waals surface area (Å²) in [5.74, 6) is 0. The summed E-state index contributed by atoms with van der Waals surface area (Å²) in [4.78, 5) is 1.51. The fourth-order valence-electron chi connectivity index (χ4n) is 1.46. The van der Waals surface area contributed by atoms with Crippen LogP contribution in [0.1, 0.15) is 31.7 Å². The van der Waals surface area contributed by atoms with E-state index in [1.165, 1.54) is 12.1 Å². The van der Waals surface area contributed by atoms with Crippen LogP contribution in [0, 0.1) is 6.92 Å². The van der Waals surface area contributed by atoms with E-state index in [-0.39, 0.29) is 4.90 Å². The monoisotopic (exact) mass is 336 g/mol. The van der Waals surface area contributed by atoms with Crippen LogP contribution < -0.4 is 4.83 Å². The number of nitrogens with one attached hydrogen (secondary N) is 1. The highest BCUT2D eigenvalue weighted by molar-refractivity contribution is 7.89. The van der Waals surface area contributed by atoms with E-state index in [0.717, 1.165) is 18.4 Å². The number of halogens is 2. The van der Waals surface area contributed by atoms with Gasteiger partial charge in [-0.3, -0.25) is 0 Å². The molecule has 0 bridgehead atoms. The first-order valence-electron chi connectivity index (χ1n) is 6.30. The second-order valence-electron chi connectivity index (χ2n) is 4.42. The number of hydrogen-bond donors (Lipinski definition) is 1. The molecule has 0 aliphatic carbocycles. The number of hydrazone groups is 1. The minimum atomic E-state index is -3.69. The van der Waals surface area contributed by atoms with Crippen molar-refractivity contribution in [1.29, 1.82) is 0 Å². The molecule has 0 atom stereocenters. The van der Waals surface area contributed by atoms with E-state index >= 15 is 0 Å². The molecule has 1 aromatic carbocycles. The summed E-state index contributed by atoms with van der Waals surface area (Å²) >= 11 is 11.6. The normalized spacial score (nSPS) is 12.8. The standard InChI is InChI=1S/C13H18Cl2N2O2S/c1-3-4-5-12(13(14)15)16-17-20(18,19)11-8-6-10(2)7-9-11/h6-9,13,17H,3-5H2,1-2H3/b16-12+. The maximum absolute atomic E-state index is 12.0. The van der Waals surface area contributed by atoms with Gasteiger partial charge in [-0.2, -0.15) is 13.5 Å². The number of aryl methyl sites for hydroxylation is 1. The Kier molecular flexibility index (Phi) is 6.79. The van der Waals surface area contributed by atoms with E-state index in [1.54, 1.807) is 12.1 Å². The zero-order valence-electron chi connectivity index (χ0n) is 11.4. The Hall–Kier alpha value is -0.780. The van der Waals surface area contributed by atoms with Gasteiger partial charge in [-0.05, 0) is 31.9 Å². The molecule has 0 aromatic heterocycles. The van der Waals surface area contributed by atoms with E-state index in [4.69, 9.17) is 23.2 Å². The fourth-order valence-corrected chi connectivity index (χ4v) is 2.61. The van der Waals surface area contributed by atoms with Gasteiger partial charge in [-0.15, -0.1) is 0 Å². The molecule has 0 radical (unpaired) electrons. The third-order valence-electron chi connectivity index (χ3n) is 2.68. The predicted molar refractivity (Wildman–Crippen MR) is 84.0 cm³/mol. The molecule has 1 rings (SSSR count). The van der Waals surface area contributed by atoms with Gasteiger partial charge < -0.3 is 0 Å². The van der Waals surface area contributed by atoms with Crippen molar-refractivity contribution < 1.29 is 8.42 Å². The Morgan fingerprint density at radius 3 is 2.40 bits per heavy atom. The first kappa shape index (κ1) is 17.3. The topological polar surface area (TPSA) is 58.5 Å². The SMILES string of the molecule is CCCC/C(=N\NS(=O)(=O)c1ccc(C)cc1)C(Cl)Cl. The molecule has 7 heteroatoms. The first-order chi connectivity index (χ1) is 9.36. The van der Waals surface area contributed by atoms with Crippen molar-refractivity contribution in [2.45, 2.75) is 42.8 Å². The maximum atomic E-state index is 12.0. The van der Waals surface area contributed by atoms with E-state index in [1.807, 2.05) is 13.8 Å². The van der Waals surface area contributed by atoms with Crippen LogP contribution in [0.5, 0.6) is 0 Å². The highest BCUT2D eigenvalue weighted by Crippen LogP contribution is 2.13. The Balaban J connectivity index is 2.86. The van der Waals surface area contributed by atoms with Crippen molar-refractivity contribution in [3.8, 4) is 0 Å². The van der Waals surface area contributed by atoms with Crippen molar-refractivity contribution >= 4 is 38.9 Å². The average Bonchev–Trinajstić information content (AvgIpc) is 2.38. The average molecular weight is 337 g/mol. The zero-order valence-corrected chi connectivity index (χ0v) is 13.8. The van der Waals surface area contributed by atoms with Crippen molar-refractivity contribution in [1.82, 2.24) is 4.83 Å². The minimum absolute atomic E-state index is 0.155. The summed E-state index contributed by atoms with van der Waals surface area (Å²) in [6, 6.07) is 6.50. The van der Waals surface area contributed by atoms with E-state index in [0.29, 0.717) is 12.1 Å². The number of hydrogen-bond acceptors (Lipinski definition) is 3. The van der Waals surface area contributed by atoms with Crippen molar-refractivity contribution in [2.75, 3.05) is 0 Å². The second-order valence-corrected chi connectivity index (χ2v) is 7.17. The second kappa shape index (κ2) is 7.86. The molecular weight excluding hydrogens is 319 g/mol. The van der Waals surface area contributed by atoms with Gasteiger partial charge in [0.2, 0.25) is 0 Å². The third-order valence-corrected chi connectivity index (χ3v) is 4.41. The van der Waals surface area contributed by atoms with Gasteiger partial charge in [-0.25, -0.2) is 4.83 Å². The molecule has 0 spiro atoms. The molecule has 1 N–H and O–H groups in total. The van der Waals surface area contributed by atoms with Crippen LogP contribution in [-0.2, 0) is 10.0 Å². The summed E-state index contributed by atoms with van der Waals surface area (Å²) in [6.07, 6.45) is 2.36. The molecule has 4 nitrogen and oxygen atoms in total. The molecule has 112 valence electrons. The Morgan fingerprint density at radius 2 is 1.90 bits per heavy atom. The minimum Gasteiger partial charge on any atom is -0.200 e. The summed E-state index contributed by atoms with van der Waals surface area (Å²) in [6.45, 7) is 3.90. The number of rotatable bonds is 7. The number of sulfonamides is 1. The number of alkyl halides is 2. The Morgan fingerprint density at radius 1 is 1.30 bits per heavy atom. The summed E-state index contributed by atoms with van der Waals surface area (Å²) in [5.41, 5.74) is 1.41. The molecule has 0 aliphatic heterocycles. The summed E-state index contributed by atoms with van der Waals surface area (Å²) in [7, 11) is -3.69. The van der Waals surface area contributed by atoms with Gasteiger partial charge in [0.05, 0.1) is 10.6 Å². The summed E-state index contributed by atoms with van der Waals surface area (Å²) in [5, 5.41) is 3.85. The number of unbranched alkanes of at least 4 members (excludes halogenated alkanes) is 1. The van der Waals surface area contributed by atoms with E-state index in [2.05, 4.69) is 9.93 Å². The van der Waals surface area contributed by atoms with Crippen LogP contribution in [0.3, 0.4) is 0 Å². The zero-order chi connectivity index (χ0) is 15.2. The van der Waals surface area contributed by atoms with Gasteiger partial charge in [0.25, 0.3) is 10.0 Å². The van der Waals surface area contributed by atoms with Gasteiger partial charge in [0.1, 0.15) is 4.84 Å². The molecule has 0 saturated carbocycles. The van der Waals surface area contributed by atoms with Crippen LogP contribution in [-0.4, -0.2) is 19.0 Å². The van der Waals surface area contributed by atoms with Gasteiger partial charge in [-0.1, -0.05) is 54.2 Å². The highest BCUT2D eigenvalue weighted by Gasteiger charge is 2.15. The molecule has 0 heterocycles. The largest absolute Gasteiger partial charge is 0.276 e. The van der Waals surface area contributed by atoms with Gasteiger partial charge in [0.15, 0.2) is 0 Å². The molecule has 0 fully saturated rings. The van der Waals surface area contributed by atoms with Gasteiger partial charge in [0, 0.05) is 0 Å². The lowest BCUT2D eigenvalue weighted by Gasteiger charge is -2.08. The lowest BCUT2D eigenvalue weighted by atomic mass is 10.2. The van der Waals surface area contributed by atoms with Crippen molar-refractivity contribution in [2.24, 2.45) is 5.10 Å². The molecule has 1 aromatic rings. The fraction of sp³-hybridized carbons (Fsp3) is 0.462. The van der Waals surface area contributed by atoms with Crippen molar-refractivity contribution in [3.63, 3.8) is 0 Å². The summed E-state index contributed by atoms with van der Waals surface area (Å²) < 4.78 is 24.1. The number of nitrogens with zero attached hydrogens (tertiary/aromatic N) is 1.